The van der Waals surface area contributed by atoms with Gasteiger partial charge in [-0.05, 0) is 30.2 Å². The Morgan fingerprint density at radius 2 is 2.14 bits per heavy atom. The SMILES string of the molecule is COc1ccc(Br)c(CC(NN)C2CN3CCN2CC3)c1. The maximum atomic E-state index is 5.86. The summed E-state index contributed by atoms with van der Waals surface area (Å²) in [7, 11) is 1.70. The normalized spacial score (nSPS) is 29.4. The number of nitrogens with one attached hydrogen (secondary N) is 1. The van der Waals surface area contributed by atoms with Crippen molar-refractivity contribution in [3.05, 3.63) is 28.2 Å². The molecule has 3 aliphatic heterocycles. The minimum absolute atomic E-state index is 0.247. The molecular formula is C15H23BrN4O. The van der Waals surface area contributed by atoms with Gasteiger partial charge in [0.15, 0.2) is 0 Å². The fraction of sp³-hybridized carbons (Fsp3) is 0.600. The lowest BCUT2D eigenvalue weighted by Crippen LogP contribution is -2.67. The molecule has 1 aromatic rings. The van der Waals surface area contributed by atoms with E-state index in [-0.39, 0.29) is 6.04 Å². The highest BCUT2D eigenvalue weighted by Gasteiger charge is 2.36. The van der Waals surface area contributed by atoms with Crippen LogP contribution in [0.5, 0.6) is 5.75 Å². The predicted molar refractivity (Wildman–Crippen MR) is 87.3 cm³/mol. The van der Waals surface area contributed by atoms with Gasteiger partial charge in [0.2, 0.25) is 0 Å². The van der Waals surface area contributed by atoms with E-state index in [1.165, 1.54) is 18.7 Å². The number of halogens is 1. The number of piperazine rings is 3. The number of benzene rings is 1. The smallest absolute Gasteiger partial charge is 0.119 e. The highest BCUT2D eigenvalue weighted by Crippen LogP contribution is 2.26. The summed E-state index contributed by atoms with van der Waals surface area (Å²) < 4.78 is 6.44. The monoisotopic (exact) mass is 354 g/mol. The molecule has 5 nitrogen and oxygen atoms in total. The second-order valence-electron chi connectivity index (χ2n) is 5.84. The molecule has 0 aromatic heterocycles. The largest absolute Gasteiger partial charge is 0.497 e. The number of methoxy groups -OCH3 is 1. The number of hydrazine groups is 1. The zero-order chi connectivity index (χ0) is 14.8. The second-order valence-corrected chi connectivity index (χ2v) is 6.69. The van der Waals surface area contributed by atoms with Crippen LogP contribution >= 0.6 is 15.9 Å². The first-order valence-corrected chi connectivity index (χ1v) is 8.25. The van der Waals surface area contributed by atoms with Gasteiger partial charge < -0.3 is 4.74 Å². The van der Waals surface area contributed by atoms with Crippen molar-refractivity contribution < 1.29 is 4.74 Å². The molecule has 0 spiro atoms. The second kappa shape index (κ2) is 6.62. The topological polar surface area (TPSA) is 53.8 Å². The Morgan fingerprint density at radius 3 is 2.71 bits per heavy atom. The molecule has 3 N–H and O–H groups in total. The number of rotatable bonds is 5. The first-order chi connectivity index (χ1) is 10.2. The van der Waals surface area contributed by atoms with Crippen molar-refractivity contribution >= 4 is 15.9 Å². The van der Waals surface area contributed by atoms with E-state index in [1.807, 2.05) is 12.1 Å². The maximum absolute atomic E-state index is 5.86. The summed E-state index contributed by atoms with van der Waals surface area (Å²) in [5.74, 6) is 6.75. The van der Waals surface area contributed by atoms with E-state index in [0.717, 1.165) is 36.3 Å². The summed E-state index contributed by atoms with van der Waals surface area (Å²) in [6, 6.07) is 6.83. The van der Waals surface area contributed by atoms with Crippen LogP contribution < -0.4 is 16.0 Å². The number of ether oxygens (including phenoxy) is 1. The molecule has 116 valence electrons. The first-order valence-electron chi connectivity index (χ1n) is 7.46. The average molecular weight is 355 g/mol. The van der Waals surface area contributed by atoms with E-state index < -0.39 is 0 Å². The summed E-state index contributed by atoms with van der Waals surface area (Å²) in [6.07, 6.45) is 0.892. The maximum Gasteiger partial charge on any atom is 0.119 e. The third kappa shape index (κ3) is 3.24. The van der Waals surface area contributed by atoms with Crippen LogP contribution in [-0.4, -0.2) is 61.7 Å². The van der Waals surface area contributed by atoms with E-state index in [9.17, 15) is 0 Å². The molecule has 2 unspecified atom stereocenters. The number of hydrogen-bond donors (Lipinski definition) is 2. The number of hydrogen-bond acceptors (Lipinski definition) is 5. The van der Waals surface area contributed by atoms with Crippen LogP contribution in [0.15, 0.2) is 22.7 Å². The van der Waals surface area contributed by atoms with Gasteiger partial charge in [-0.25, -0.2) is 0 Å². The summed E-state index contributed by atoms with van der Waals surface area (Å²) in [5, 5.41) is 0. The third-order valence-electron chi connectivity index (χ3n) is 4.69. The van der Waals surface area contributed by atoms with Crippen molar-refractivity contribution in [2.24, 2.45) is 5.84 Å². The molecule has 0 saturated carbocycles. The van der Waals surface area contributed by atoms with Crippen molar-refractivity contribution in [1.82, 2.24) is 15.2 Å². The first kappa shape index (κ1) is 15.2. The number of fused-ring (bicyclic) bond motifs is 3. The van der Waals surface area contributed by atoms with Gasteiger partial charge in [-0.2, -0.15) is 0 Å². The quantitative estimate of drug-likeness (QED) is 0.606. The van der Waals surface area contributed by atoms with Crippen LogP contribution in [0, 0.1) is 0 Å². The van der Waals surface area contributed by atoms with Gasteiger partial charge in [-0.15, -0.1) is 0 Å². The van der Waals surface area contributed by atoms with E-state index >= 15 is 0 Å². The molecule has 0 radical (unpaired) electrons. The minimum atomic E-state index is 0.247. The van der Waals surface area contributed by atoms with Gasteiger partial charge in [0.1, 0.15) is 5.75 Å². The van der Waals surface area contributed by atoms with Crippen molar-refractivity contribution in [1.29, 1.82) is 0 Å². The van der Waals surface area contributed by atoms with E-state index in [0.29, 0.717) is 6.04 Å². The van der Waals surface area contributed by atoms with Crippen molar-refractivity contribution in [2.75, 3.05) is 39.8 Å². The Bertz CT molecular complexity index is 491. The Labute approximate surface area is 134 Å². The van der Waals surface area contributed by atoms with Gasteiger partial charge in [-0.1, -0.05) is 15.9 Å². The standard InChI is InChI=1S/C15H23BrN4O/c1-21-12-2-3-13(16)11(8-12)9-14(18-17)15-10-19-4-6-20(15)7-5-19/h2-3,8,14-15,18H,4-7,9-10,17H2,1H3. The van der Waals surface area contributed by atoms with Gasteiger partial charge in [0.25, 0.3) is 0 Å². The molecule has 3 saturated heterocycles. The highest BCUT2D eigenvalue weighted by molar-refractivity contribution is 9.10. The zero-order valence-corrected chi connectivity index (χ0v) is 14.0. The van der Waals surface area contributed by atoms with Crippen LogP contribution in [0.2, 0.25) is 0 Å². The van der Waals surface area contributed by atoms with E-state index in [2.05, 4.69) is 37.2 Å². The molecule has 6 heteroatoms. The lowest BCUT2D eigenvalue weighted by Gasteiger charge is -2.50. The van der Waals surface area contributed by atoms with Crippen molar-refractivity contribution in [2.45, 2.75) is 18.5 Å². The molecule has 3 aliphatic rings. The molecule has 21 heavy (non-hydrogen) atoms. The molecule has 1 aromatic carbocycles. The van der Waals surface area contributed by atoms with E-state index in [4.69, 9.17) is 10.6 Å². The fourth-order valence-corrected chi connectivity index (χ4v) is 3.83. The summed E-state index contributed by atoms with van der Waals surface area (Å²) >= 11 is 3.63. The summed E-state index contributed by atoms with van der Waals surface area (Å²) in [6.45, 7) is 5.80. The molecular weight excluding hydrogens is 332 g/mol. The average Bonchev–Trinajstić information content (AvgIpc) is 2.55. The minimum Gasteiger partial charge on any atom is -0.497 e. The Morgan fingerprint density at radius 1 is 1.38 bits per heavy atom. The van der Waals surface area contributed by atoms with Gasteiger partial charge >= 0.3 is 0 Å². The van der Waals surface area contributed by atoms with Crippen molar-refractivity contribution in [3.63, 3.8) is 0 Å². The number of nitrogens with two attached hydrogens (primary N) is 1. The van der Waals surface area contributed by atoms with Crippen LogP contribution in [0.1, 0.15) is 5.56 Å². The molecule has 4 rings (SSSR count). The van der Waals surface area contributed by atoms with Crippen molar-refractivity contribution in [3.8, 4) is 5.75 Å². The predicted octanol–water partition coefficient (Wildman–Crippen LogP) is 0.832. The van der Waals surface area contributed by atoms with Crippen LogP contribution in [0.4, 0.5) is 0 Å². The van der Waals surface area contributed by atoms with Crippen LogP contribution in [-0.2, 0) is 6.42 Å². The zero-order valence-electron chi connectivity index (χ0n) is 12.4. The lowest BCUT2D eigenvalue weighted by atomic mass is 9.95. The Kier molecular flexibility index (Phi) is 4.81. The Hall–Kier alpha value is -0.660. The van der Waals surface area contributed by atoms with Gasteiger partial charge in [-0.3, -0.25) is 21.1 Å². The Balaban J connectivity index is 1.75. The van der Waals surface area contributed by atoms with Gasteiger partial charge in [0, 0.05) is 49.3 Å². The lowest BCUT2D eigenvalue weighted by molar-refractivity contribution is -0.00317. The molecule has 0 aliphatic carbocycles. The summed E-state index contributed by atoms with van der Waals surface area (Å²) in [4.78, 5) is 5.11. The molecule has 3 fully saturated rings. The highest BCUT2D eigenvalue weighted by atomic mass is 79.9. The number of nitrogens with zero attached hydrogens (tertiary/aromatic N) is 2. The third-order valence-corrected chi connectivity index (χ3v) is 5.47. The molecule has 2 atom stereocenters. The summed E-state index contributed by atoms with van der Waals surface area (Å²) in [5.41, 5.74) is 4.27. The molecule has 2 bridgehead atoms. The molecule has 3 heterocycles. The van der Waals surface area contributed by atoms with E-state index in [1.54, 1.807) is 7.11 Å². The molecule has 0 amide bonds. The van der Waals surface area contributed by atoms with Gasteiger partial charge in [0.05, 0.1) is 7.11 Å². The fourth-order valence-electron chi connectivity index (χ4n) is 3.42. The van der Waals surface area contributed by atoms with Crippen LogP contribution in [0.3, 0.4) is 0 Å². The van der Waals surface area contributed by atoms with Crippen LogP contribution in [0.25, 0.3) is 0 Å².